The largest absolute Gasteiger partial charge is 0.478 e. The van der Waals surface area contributed by atoms with E-state index < -0.39 is 11.9 Å². The third-order valence-electron chi connectivity index (χ3n) is 6.37. The van der Waals surface area contributed by atoms with E-state index in [2.05, 4.69) is 29.1 Å². The monoisotopic (exact) mass is 490 g/mol. The van der Waals surface area contributed by atoms with Crippen LogP contribution in [0.25, 0.3) is 0 Å². The fourth-order valence-corrected chi connectivity index (χ4v) is 5.33. The molecule has 0 aliphatic carbocycles. The summed E-state index contributed by atoms with van der Waals surface area (Å²) in [5.41, 5.74) is 1.83. The van der Waals surface area contributed by atoms with Crippen LogP contribution in [-0.2, 0) is 6.42 Å². The molecule has 0 fully saturated rings. The first-order valence-corrected chi connectivity index (χ1v) is 13.9. The Labute approximate surface area is 209 Å². The molecule has 6 nitrogen and oxygen atoms in total. The summed E-state index contributed by atoms with van der Waals surface area (Å²) >= 11 is 1.48. The lowest BCUT2D eigenvalue weighted by molar-refractivity contribution is 0.0695. The Morgan fingerprint density at radius 3 is 2.15 bits per heavy atom. The molecule has 1 aliphatic heterocycles. The Hall–Kier alpha value is -2.15. The SMILES string of the molecule is CCCCCCCC/C=C\CCCCCC1CSNc2c(C(=O)O)cc(C(=O)O)c(CC)c2N1. The van der Waals surface area contributed by atoms with Gasteiger partial charge in [0.1, 0.15) is 0 Å². The van der Waals surface area contributed by atoms with Gasteiger partial charge in [-0.2, -0.15) is 0 Å². The Morgan fingerprint density at radius 2 is 1.53 bits per heavy atom. The highest BCUT2D eigenvalue weighted by Crippen LogP contribution is 2.38. The van der Waals surface area contributed by atoms with Crippen LogP contribution in [0.2, 0.25) is 0 Å². The van der Waals surface area contributed by atoms with E-state index in [1.54, 1.807) is 0 Å². The summed E-state index contributed by atoms with van der Waals surface area (Å²) in [5, 5.41) is 22.7. The van der Waals surface area contributed by atoms with E-state index in [0.29, 0.717) is 23.4 Å². The molecule has 0 saturated heterocycles. The summed E-state index contributed by atoms with van der Waals surface area (Å²) in [6, 6.07) is 1.44. The van der Waals surface area contributed by atoms with E-state index in [9.17, 15) is 19.8 Å². The maximum absolute atomic E-state index is 11.8. The highest BCUT2D eigenvalue weighted by Gasteiger charge is 2.27. The first kappa shape index (κ1) is 28.1. The minimum atomic E-state index is -1.13. The molecule has 0 bridgehead atoms. The predicted molar refractivity (Wildman–Crippen MR) is 143 cm³/mol. The van der Waals surface area contributed by atoms with Gasteiger partial charge in [-0.1, -0.05) is 82.9 Å². The van der Waals surface area contributed by atoms with Gasteiger partial charge < -0.3 is 20.3 Å². The van der Waals surface area contributed by atoms with Crippen LogP contribution in [0.1, 0.15) is 117 Å². The predicted octanol–water partition coefficient (Wildman–Crippen LogP) is 7.76. The van der Waals surface area contributed by atoms with E-state index in [4.69, 9.17) is 0 Å². The standard InChI is InChI=1S/C27H42N2O4S/c1-3-5-6-7-8-9-10-11-12-13-14-15-16-17-20-19-34-29-25-23(27(32)33)18-22(26(30)31)21(4-2)24(25)28-20/h11-12,18,20,28-29H,3-10,13-17,19H2,1-2H3,(H,30,31)(H,32,33)/b12-11-. The molecule has 4 N–H and O–H groups in total. The summed E-state index contributed by atoms with van der Waals surface area (Å²) in [7, 11) is 0. The maximum Gasteiger partial charge on any atom is 0.337 e. The molecule has 0 spiro atoms. The van der Waals surface area contributed by atoms with Crippen LogP contribution in [0.3, 0.4) is 0 Å². The number of carboxylic acid groups (broad SMARTS) is 2. The maximum atomic E-state index is 11.8. The van der Waals surface area contributed by atoms with Crippen molar-refractivity contribution in [1.29, 1.82) is 0 Å². The molecule has 1 aromatic carbocycles. The fraction of sp³-hybridized carbons (Fsp3) is 0.630. The van der Waals surface area contributed by atoms with E-state index in [0.717, 1.165) is 31.4 Å². The molecule has 0 aromatic heterocycles. The molecule has 34 heavy (non-hydrogen) atoms. The first-order valence-electron chi connectivity index (χ1n) is 12.9. The van der Waals surface area contributed by atoms with Gasteiger partial charge in [-0.15, -0.1) is 0 Å². The molecule has 1 unspecified atom stereocenters. The fourth-order valence-electron chi connectivity index (χ4n) is 4.44. The third kappa shape index (κ3) is 8.90. The van der Waals surface area contributed by atoms with Crippen molar-refractivity contribution in [2.75, 3.05) is 15.8 Å². The van der Waals surface area contributed by atoms with Crippen LogP contribution in [0.5, 0.6) is 0 Å². The van der Waals surface area contributed by atoms with Crippen LogP contribution in [0.4, 0.5) is 11.4 Å². The molecule has 1 aliphatic rings. The lowest BCUT2D eigenvalue weighted by atomic mass is 9.96. The normalized spacial score (nSPS) is 15.4. The molecular weight excluding hydrogens is 448 g/mol. The van der Waals surface area contributed by atoms with Gasteiger partial charge in [-0.05, 0) is 50.2 Å². The van der Waals surface area contributed by atoms with Crippen molar-refractivity contribution < 1.29 is 19.8 Å². The van der Waals surface area contributed by atoms with Gasteiger partial charge in [0.2, 0.25) is 0 Å². The van der Waals surface area contributed by atoms with Crippen molar-refractivity contribution in [1.82, 2.24) is 0 Å². The number of anilines is 2. The number of hydrogen-bond acceptors (Lipinski definition) is 5. The van der Waals surface area contributed by atoms with Crippen LogP contribution in [-0.4, -0.2) is 33.9 Å². The Morgan fingerprint density at radius 1 is 0.912 bits per heavy atom. The van der Waals surface area contributed by atoms with Gasteiger partial charge in [-0.3, -0.25) is 0 Å². The molecule has 0 amide bonds. The lowest BCUT2D eigenvalue weighted by Crippen LogP contribution is -2.23. The topological polar surface area (TPSA) is 98.7 Å². The molecule has 0 radical (unpaired) electrons. The van der Waals surface area contributed by atoms with Crippen molar-refractivity contribution >= 4 is 35.3 Å². The minimum absolute atomic E-state index is 0.00186. The van der Waals surface area contributed by atoms with Crippen LogP contribution in [0, 0.1) is 0 Å². The number of unbranched alkanes of at least 4 members (excludes halogenated alkanes) is 9. The van der Waals surface area contributed by atoms with Gasteiger partial charge >= 0.3 is 11.9 Å². The average Bonchev–Trinajstić information content (AvgIpc) is 3.03. The number of carbonyl (C=O) groups is 2. The van der Waals surface area contributed by atoms with Gasteiger partial charge in [0.05, 0.1) is 22.5 Å². The van der Waals surface area contributed by atoms with Gasteiger partial charge in [0.15, 0.2) is 0 Å². The van der Waals surface area contributed by atoms with Crippen molar-refractivity contribution in [3.8, 4) is 0 Å². The number of benzene rings is 1. The zero-order valence-corrected chi connectivity index (χ0v) is 21.6. The number of carboxylic acids is 2. The molecule has 2 rings (SSSR count). The highest BCUT2D eigenvalue weighted by molar-refractivity contribution is 8.00. The summed E-state index contributed by atoms with van der Waals surface area (Å²) in [5.74, 6) is -1.43. The van der Waals surface area contributed by atoms with E-state index >= 15 is 0 Å². The molecule has 190 valence electrons. The van der Waals surface area contributed by atoms with E-state index in [1.807, 2.05) is 6.92 Å². The molecular formula is C27H42N2O4S. The second-order valence-electron chi connectivity index (χ2n) is 9.08. The molecule has 1 aromatic rings. The van der Waals surface area contributed by atoms with Gasteiger partial charge in [-0.25, -0.2) is 9.59 Å². The molecule has 7 heteroatoms. The molecule has 1 heterocycles. The van der Waals surface area contributed by atoms with E-state index in [1.165, 1.54) is 69.4 Å². The number of allylic oxidation sites excluding steroid dienone is 2. The molecule has 0 saturated carbocycles. The van der Waals surface area contributed by atoms with E-state index in [-0.39, 0.29) is 17.2 Å². The third-order valence-corrected chi connectivity index (χ3v) is 7.29. The number of hydrogen-bond donors (Lipinski definition) is 4. The van der Waals surface area contributed by atoms with Crippen molar-refractivity contribution in [2.24, 2.45) is 0 Å². The second kappa shape index (κ2) is 15.7. The quantitative estimate of drug-likeness (QED) is 0.107. The summed E-state index contributed by atoms with van der Waals surface area (Å²) in [6.07, 6.45) is 19.9. The van der Waals surface area contributed by atoms with Crippen molar-refractivity contribution in [2.45, 2.75) is 103 Å². The smallest absolute Gasteiger partial charge is 0.337 e. The Kier molecular flexibility index (Phi) is 13.0. The Balaban J connectivity index is 1.81. The first-order chi connectivity index (χ1) is 16.5. The number of nitrogens with one attached hydrogen (secondary N) is 2. The van der Waals surface area contributed by atoms with Crippen molar-refractivity contribution in [3.05, 3.63) is 34.9 Å². The Bertz CT molecular complexity index is 825. The zero-order chi connectivity index (χ0) is 24.8. The number of aromatic carboxylic acids is 2. The minimum Gasteiger partial charge on any atom is -0.478 e. The van der Waals surface area contributed by atoms with Crippen LogP contribution >= 0.6 is 11.9 Å². The zero-order valence-electron chi connectivity index (χ0n) is 20.8. The number of rotatable bonds is 16. The lowest BCUT2D eigenvalue weighted by Gasteiger charge is -2.21. The highest BCUT2D eigenvalue weighted by atomic mass is 32.2. The van der Waals surface area contributed by atoms with Gasteiger partial charge in [0.25, 0.3) is 0 Å². The van der Waals surface area contributed by atoms with Crippen molar-refractivity contribution in [3.63, 3.8) is 0 Å². The van der Waals surface area contributed by atoms with Crippen LogP contribution in [0.15, 0.2) is 18.2 Å². The molecule has 1 atom stereocenters. The summed E-state index contributed by atoms with van der Waals surface area (Å²) < 4.78 is 3.17. The summed E-state index contributed by atoms with van der Waals surface area (Å²) in [4.78, 5) is 23.5. The number of fused-ring (bicyclic) bond motifs is 1. The summed E-state index contributed by atoms with van der Waals surface area (Å²) in [6.45, 7) is 4.15. The van der Waals surface area contributed by atoms with Crippen LogP contribution < -0.4 is 10.0 Å². The second-order valence-corrected chi connectivity index (χ2v) is 9.91. The average molecular weight is 491 g/mol. The van der Waals surface area contributed by atoms with Gasteiger partial charge in [0, 0.05) is 11.8 Å².